The fourth-order valence-corrected chi connectivity index (χ4v) is 2.68. The normalized spacial score (nSPS) is 10.8. The Morgan fingerprint density at radius 1 is 1.11 bits per heavy atom. The van der Waals surface area contributed by atoms with Crippen LogP contribution in [0.2, 0.25) is 0 Å². The lowest BCUT2D eigenvalue weighted by Crippen LogP contribution is -2.24. The zero-order chi connectivity index (χ0) is 19.9. The van der Waals surface area contributed by atoms with Crippen LogP contribution in [0.5, 0.6) is 11.5 Å². The quantitative estimate of drug-likeness (QED) is 0.506. The molecule has 0 aliphatic heterocycles. The molecule has 0 atom stereocenters. The third-order valence-corrected chi connectivity index (χ3v) is 4.16. The van der Waals surface area contributed by atoms with Gasteiger partial charge in [-0.05, 0) is 50.2 Å². The first-order valence-corrected chi connectivity index (χ1v) is 8.79. The number of carbonyl (C=O) groups is 1. The second kappa shape index (κ2) is 8.85. The Labute approximate surface area is 163 Å². The minimum atomic E-state index is -0.349. The van der Waals surface area contributed by atoms with Crippen molar-refractivity contribution in [3.8, 4) is 17.2 Å². The van der Waals surface area contributed by atoms with Crippen molar-refractivity contribution in [2.45, 2.75) is 13.8 Å². The van der Waals surface area contributed by atoms with Gasteiger partial charge in [0.2, 0.25) is 0 Å². The molecule has 0 saturated heterocycles. The van der Waals surface area contributed by atoms with Gasteiger partial charge in [-0.25, -0.2) is 10.1 Å². The summed E-state index contributed by atoms with van der Waals surface area (Å²) in [5, 5.41) is 8.58. The van der Waals surface area contributed by atoms with E-state index in [-0.39, 0.29) is 12.5 Å². The molecule has 0 unspecified atom stereocenters. The number of carbonyl (C=O) groups excluding carboxylic acids is 1. The average molecular weight is 378 g/mol. The van der Waals surface area contributed by atoms with Gasteiger partial charge >= 0.3 is 0 Å². The first-order chi connectivity index (χ1) is 13.6. The van der Waals surface area contributed by atoms with E-state index in [9.17, 15) is 4.79 Å². The molecule has 1 N–H and O–H groups in total. The lowest BCUT2D eigenvalue weighted by molar-refractivity contribution is -0.123. The van der Waals surface area contributed by atoms with Gasteiger partial charge in [0.25, 0.3) is 5.91 Å². The highest BCUT2D eigenvalue weighted by molar-refractivity contribution is 5.85. The van der Waals surface area contributed by atoms with Crippen molar-refractivity contribution in [3.63, 3.8) is 0 Å². The lowest BCUT2D eigenvalue weighted by atomic mass is 10.2. The molecule has 0 spiro atoms. The largest absolute Gasteiger partial charge is 0.497 e. The highest BCUT2D eigenvalue weighted by Crippen LogP contribution is 2.17. The van der Waals surface area contributed by atoms with Crippen LogP contribution in [-0.2, 0) is 4.79 Å². The van der Waals surface area contributed by atoms with E-state index in [1.165, 1.54) is 0 Å². The van der Waals surface area contributed by atoms with Gasteiger partial charge in [0.05, 0.1) is 30.4 Å². The highest BCUT2D eigenvalue weighted by atomic mass is 16.5. The number of amides is 1. The second-order valence-electron chi connectivity index (χ2n) is 6.09. The van der Waals surface area contributed by atoms with Crippen LogP contribution in [0.25, 0.3) is 5.69 Å². The third kappa shape index (κ3) is 4.56. The minimum Gasteiger partial charge on any atom is -0.497 e. The van der Waals surface area contributed by atoms with E-state index in [2.05, 4.69) is 15.6 Å². The predicted molar refractivity (Wildman–Crippen MR) is 107 cm³/mol. The van der Waals surface area contributed by atoms with Crippen LogP contribution in [0.1, 0.15) is 17.0 Å². The van der Waals surface area contributed by atoms with Gasteiger partial charge in [-0.3, -0.25) is 4.79 Å². The summed E-state index contributed by atoms with van der Waals surface area (Å²) in [7, 11) is 1.59. The van der Waals surface area contributed by atoms with Crippen molar-refractivity contribution in [1.29, 1.82) is 0 Å². The van der Waals surface area contributed by atoms with Crippen molar-refractivity contribution < 1.29 is 14.3 Å². The van der Waals surface area contributed by atoms with Gasteiger partial charge in [-0.15, -0.1) is 0 Å². The Hall–Kier alpha value is -3.61. The molecule has 0 bridgehead atoms. The molecule has 0 aliphatic carbocycles. The number of para-hydroxylation sites is 1. The van der Waals surface area contributed by atoms with Crippen LogP contribution >= 0.6 is 0 Å². The minimum absolute atomic E-state index is 0.134. The van der Waals surface area contributed by atoms with Crippen LogP contribution in [0.4, 0.5) is 0 Å². The number of aromatic nitrogens is 2. The molecule has 0 saturated carbocycles. The standard InChI is InChI=1S/C21H22N4O3/c1-15-20(16(2)25(24-15)17-7-5-4-6-8-17)13-22-23-21(26)14-28-19-11-9-18(27-3)10-12-19/h4-13H,14H2,1-3H3,(H,23,26)/b22-13-. The van der Waals surface area contributed by atoms with Gasteiger partial charge in [0.1, 0.15) is 11.5 Å². The Morgan fingerprint density at radius 3 is 2.46 bits per heavy atom. The molecule has 0 aliphatic rings. The maximum absolute atomic E-state index is 11.9. The van der Waals surface area contributed by atoms with Crippen LogP contribution in [0, 0.1) is 13.8 Å². The topological polar surface area (TPSA) is 77.7 Å². The van der Waals surface area contributed by atoms with Gasteiger partial charge in [-0.1, -0.05) is 18.2 Å². The number of hydrogen-bond acceptors (Lipinski definition) is 5. The lowest BCUT2D eigenvalue weighted by Gasteiger charge is -2.06. The molecule has 7 heteroatoms. The number of nitrogens with one attached hydrogen (secondary N) is 1. The van der Waals surface area contributed by atoms with E-state index in [1.807, 2.05) is 48.9 Å². The predicted octanol–water partition coefficient (Wildman–Crippen LogP) is 3.03. The molecule has 28 heavy (non-hydrogen) atoms. The number of hydrazone groups is 1. The van der Waals surface area contributed by atoms with E-state index < -0.39 is 0 Å². The Morgan fingerprint density at radius 2 is 1.79 bits per heavy atom. The Balaban J connectivity index is 1.58. The number of nitrogens with zero attached hydrogens (tertiary/aromatic N) is 3. The average Bonchev–Trinajstić information content (AvgIpc) is 3.01. The number of hydrogen-bond donors (Lipinski definition) is 1. The van der Waals surface area contributed by atoms with E-state index in [4.69, 9.17) is 9.47 Å². The van der Waals surface area contributed by atoms with Gasteiger partial charge in [0, 0.05) is 5.56 Å². The zero-order valence-corrected chi connectivity index (χ0v) is 16.0. The molecule has 7 nitrogen and oxygen atoms in total. The fraction of sp³-hybridized carbons (Fsp3) is 0.190. The summed E-state index contributed by atoms with van der Waals surface area (Å²) in [6.45, 7) is 3.73. The Kier molecular flexibility index (Phi) is 6.06. The second-order valence-corrected chi connectivity index (χ2v) is 6.09. The maximum atomic E-state index is 11.9. The zero-order valence-electron chi connectivity index (χ0n) is 16.0. The molecular formula is C21H22N4O3. The first kappa shape index (κ1) is 19.2. The van der Waals surface area contributed by atoms with Crippen molar-refractivity contribution >= 4 is 12.1 Å². The molecule has 3 rings (SSSR count). The van der Waals surface area contributed by atoms with Crippen molar-refractivity contribution in [3.05, 3.63) is 71.5 Å². The molecule has 0 fully saturated rings. The number of methoxy groups -OCH3 is 1. The fourth-order valence-electron chi connectivity index (χ4n) is 2.68. The van der Waals surface area contributed by atoms with Crippen LogP contribution in [0.3, 0.4) is 0 Å². The third-order valence-electron chi connectivity index (χ3n) is 4.16. The summed E-state index contributed by atoms with van der Waals surface area (Å²) in [5.41, 5.74) is 6.07. The number of rotatable bonds is 7. The SMILES string of the molecule is COc1ccc(OCC(=O)N/N=C\c2c(C)nn(-c3ccccc3)c2C)cc1. The van der Waals surface area contributed by atoms with E-state index in [1.54, 1.807) is 37.6 Å². The van der Waals surface area contributed by atoms with E-state index in [0.717, 1.165) is 28.4 Å². The summed E-state index contributed by atoms with van der Waals surface area (Å²) in [6.07, 6.45) is 1.60. The van der Waals surface area contributed by atoms with E-state index >= 15 is 0 Å². The van der Waals surface area contributed by atoms with Crippen molar-refractivity contribution in [2.75, 3.05) is 13.7 Å². The van der Waals surface area contributed by atoms with E-state index in [0.29, 0.717) is 5.75 Å². The smallest absolute Gasteiger partial charge is 0.277 e. The summed E-state index contributed by atoms with van der Waals surface area (Å²) in [6, 6.07) is 16.9. The Bertz CT molecular complexity index is 963. The van der Waals surface area contributed by atoms with Gasteiger partial charge in [-0.2, -0.15) is 10.2 Å². The molecule has 2 aromatic carbocycles. The summed E-state index contributed by atoms with van der Waals surface area (Å²) in [4.78, 5) is 11.9. The van der Waals surface area contributed by atoms with Crippen molar-refractivity contribution in [1.82, 2.24) is 15.2 Å². The van der Waals surface area contributed by atoms with Crippen molar-refractivity contribution in [2.24, 2.45) is 5.10 Å². The molecule has 144 valence electrons. The number of benzene rings is 2. The van der Waals surface area contributed by atoms with Crippen LogP contribution < -0.4 is 14.9 Å². The highest BCUT2D eigenvalue weighted by Gasteiger charge is 2.11. The molecule has 1 aromatic heterocycles. The van der Waals surface area contributed by atoms with Crippen LogP contribution in [0.15, 0.2) is 59.7 Å². The molecule has 0 radical (unpaired) electrons. The summed E-state index contributed by atoms with van der Waals surface area (Å²) < 4.78 is 12.4. The summed E-state index contributed by atoms with van der Waals surface area (Å²) in [5.74, 6) is 0.955. The first-order valence-electron chi connectivity index (χ1n) is 8.79. The summed E-state index contributed by atoms with van der Waals surface area (Å²) >= 11 is 0. The molecule has 1 amide bonds. The van der Waals surface area contributed by atoms with Gasteiger partial charge < -0.3 is 9.47 Å². The van der Waals surface area contributed by atoms with Gasteiger partial charge in [0.15, 0.2) is 6.61 Å². The molecule has 3 aromatic rings. The van der Waals surface area contributed by atoms with Crippen LogP contribution in [-0.4, -0.2) is 35.6 Å². The number of ether oxygens (including phenoxy) is 2. The maximum Gasteiger partial charge on any atom is 0.277 e. The molecular weight excluding hydrogens is 356 g/mol. The monoisotopic (exact) mass is 378 g/mol. The number of aryl methyl sites for hydroxylation is 1. The molecule has 1 heterocycles.